The van der Waals surface area contributed by atoms with Crippen LogP contribution in [0, 0.1) is 13.8 Å². The summed E-state index contributed by atoms with van der Waals surface area (Å²) in [5, 5.41) is 3.00. The van der Waals surface area contributed by atoms with Gasteiger partial charge >= 0.3 is 0 Å². The molecule has 0 heterocycles. The average molecular weight is 481 g/mol. The molecule has 0 saturated heterocycles. The van der Waals surface area contributed by atoms with E-state index in [9.17, 15) is 13.2 Å². The van der Waals surface area contributed by atoms with Gasteiger partial charge in [0, 0.05) is 0 Å². The number of rotatable bonds is 10. The minimum atomic E-state index is -4.03. The summed E-state index contributed by atoms with van der Waals surface area (Å²) in [6, 6.07) is 21.2. The molecule has 7 heteroatoms. The molecule has 180 valence electrons. The molecule has 3 rings (SSSR count). The van der Waals surface area contributed by atoms with Gasteiger partial charge in [-0.3, -0.25) is 9.10 Å². The van der Waals surface area contributed by atoms with Gasteiger partial charge in [0.2, 0.25) is 5.91 Å². The van der Waals surface area contributed by atoms with Crippen molar-refractivity contribution in [2.24, 2.45) is 0 Å². The lowest BCUT2D eigenvalue weighted by atomic mass is 10.0. The Morgan fingerprint density at radius 3 is 2.09 bits per heavy atom. The second-order valence-corrected chi connectivity index (χ2v) is 10.0. The summed E-state index contributed by atoms with van der Waals surface area (Å²) in [7, 11) is -4.03. The molecule has 3 aromatic carbocycles. The molecular weight excluding hydrogens is 448 g/mol. The van der Waals surface area contributed by atoms with Crippen molar-refractivity contribution in [1.29, 1.82) is 0 Å². The molecule has 0 aliphatic rings. The Morgan fingerprint density at radius 1 is 0.912 bits per heavy atom. The van der Waals surface area contributed by atoms with Gasteiger partial charge in [0.05, 0.1) is 23.2 Å². The van der Waals surface area contributed by atoms with E-state index in [2.05, 4.69) is 5.32 Å². The number of nitrogens with zero attached hydrogens (tertiary/aromatic N) is 1. The van der Waals surface area contributed by atoms with E-state index >= 15 is 0 Å². The van der Waals surface area contributed by atoms with Gasteiger partial charge in [0.1, 0.15) is 12.3 Å². The Kier molecular flexibility index (Phi) is 8.34. The van der Waals surface area contributed by atoms with Crippen molar-refractivity contribution in [2.45, 2.75) is 45.1 Å². The Morgan fingerprint density at radius 2 is 1.50 bits per heavy atom. The van der Waals surface area contributed by atoms with Crippen molar-refractivity contribution in [3.63, 3.8) is 0 Å². The van der Waals surface area contributed by atoms with Crippen LogP contribution in [0.25, 0.3) is 0 Å². The van der Waals surface area contributed by atoms with Crippen LogP contribution in [-0.4, -0.2) is 27.5 Å². The summed E-state index contributed by atoms with van der Waals surface area (Å²) < 4.78 is 34.2. The number of ether oxygens (including phenoxy) is 1. The Labute approximate surface area is 202 Å². The van der Waals surface area contributed by atoms with Gasteiger partial charge in [-0.05, 0) is 57.0 Å². The van der Waals surface area contributed by atoms with Crippen molar-refractivity contribution in [3.05, 3.63) is 89.5 Å². The monoisotopic (exact) mass is 480 g/mol. The molecule has 0 fully saturated rings. The van der Waals surface area contributed by atoms with Crippen LogP contribution < -0.4 is 14.4 Å². The van der Waals surface area contributed by atoms with Crippen molar-refractivity contribution in [3.8, 4) is 5.75 Å². The summed E-state index contributed by atoms with van der Waals surface area (Å²) in [6.45, 7) is 7.70. The quantitative estimate of drug-likeness (QED) is 0.435. The molecule has 0 aromatic heterocycles. The lowest BCUT2D eigenvalue weighted by Gasteiger charge is -2.27. The highest BCUT2D eigenvalue weighted by Gasteiger charge is 2.30. The molecule has 6 nitrogen and oxygen atoms in total. The van der Waals surface area contributed by atoms with Crippen LogP contribution in [0.2, 0.25) is 0 Å². The first-order valence-corrected chi connectivity index (χ1v) is 12.9. The second kappa shape index (κ2) is 11.2. The van der Waals surface area contributed by atoms with Gasteiger partial charge < -0.3 is 10.1 Å². The van der Waals surface area contributed by atoms with E-state index in [4.69, 9.17) is 4.74 Å². The van der Waals surface area contributed by atoms with Crippen LogP contribution in [0.4, 0.5) is 5.69 Å². The fourth-order valence-corrected chi connectivity index (χ4v) is 5.10. The van der Waals surface area contributed by atoms with E-state index in [1.165, 1.54) is 0 Å². The largest absolute Gasteiger partial charge is 0.492 e. The predicted molar refractivity (Wildman–Crippen MR) is 136 cm³/mol. The van der Waals surface area contributed by atoms with Crippen molar-refractivity contribution in [1.82, 2.24) is 5.32 Å². The molecule has 3 aromatic rings. The Bertz CT molecular complexity index is 1210. The highest BCUT2D eigenvalue weighted by Crippen LogP contribution is 2.32. The van der Waals surface area contributed by atoms with Crippen molar-refractivity contribution in [2.75, 3.05) is 17.5 Å². The number of carbonyl (C=O) groups excluding carboxylic acids is 1. The number of nitrogens with one attached hydrogen (secondary N) is 1. The third-order valence-corrected chi connectivity index (χ3v) is 7.33. The van der Waals surface area contributed by atoms with E-state index in [1.54, 1.807) is 48.5 Å². The van der Waals surface area contributed by atoms with Crippen LogP contribution >= 0.6 is 0 Å². The Balaban J connectivity index is 1.96. The maximum absolute atomic E-state index is 13.7. The number of amides is 1. The highest BCUT2D eigenvalue weighted by molar-refractivity contribution is 7.92. The maximum atomic E-state index is 13.7. The first kappa shape index (κ1) is 25.3. The van der Waals surface area contributed by atoms with E-state index in [0.717, 1.165) is 21.0 Å². The number of hydrogen-bond acceptors (Lipinski definition) is 4. The van der Waals surface area contributed by atoms with E-state index in [0.29, 0.717) is 24.5 Å². The minimum Gasteiger partial charge on any atom is -0.492 e. The molecule has 0 unspecified atom stereocenters. The zero-order chi connectivity index (χ0) is 24.7. The average Bonchev–Trinajstić information content (AvgIpc) is 2.82. The minimum absolute atomic E-state index is 0.114. The van der Waals surface area contributed by atoms with Crippen LogP contribution in [-0.2, 0) is 14.8 Å². The zero-order valence-corrected chi connectivity index (χ0v) is 20.9. The molecule has 34 heavy (non-hydrogen) atoms. The van der Waals surface area contributed by atoms with Crippen LogP contribution in [0.15, 0.2) is 77.7 Å². The van der Waals surface area contributed by atoms with Gasteiger partial charge in [-0.1, -0.05) is 66.6 Å². The van der Waals surface area contributed by atoms with Gasteiger partial charge in [-0.2, -0.15) is 0 Å². The number of sulfonamides is 1. The fourth-order valence-electron chi connectivity index (χ4n) is 3.67. The summed E-state index contributed by atoms with van der Waals surface area (Å²) in [5.41, 5.74) is 3.38. The normalized spacial score (nSPS) is 12.1. The molecule has 0 bridgehead atoms. The topological polar surface area (TPSA) is 75.7 Å². The maximum Gasteiger partial charge on any atom is 0.264 e. The smallest absolute Gasteiger partial charge is 0.264 e. The van der Waals surface area contributed by atoms with Crippen molar-refractivity contribution >= 4 is 21.6 Å². The van der Waals surface area contributed by atoms with Crippen LogP contribution in [0.1, 0.15) is 43.0 Å². The highest BCUT2D eigenvalue weighted by atomic mass is 32.2. The van der Waals surface area contributed by atoms with Gasteiger partial charge in [-0.25, -0.2) is 8.42 Å². The predicted octanol–water partition coefficient (Wildman–Crippen LogP) is 5.16. The molecular formula is C27H32N2O4S. The van der Waals surface area contributed by atoms with Crippen LogP contribution in [0.3, 0.4) is 0 Å². The fraction of sp³-hybridized carbons (Fsp3) is 0.296. The summed E-state index contributed by atoms with van der Waals surface area (Å²) in [4.78, 5) is 13.3. The lowest BCUT2D eigenvalue weighted by Crippen LogP contribution is -2.42. The zero-order valence-electron chi connectivity index (χ0n) is 20.1. The lowest BCUT2D eigenvalue weighted by molar-refractivity contribution is -0.120. The number of hydrogen-bond donors (Lipinski definition) is 1. The molecule has 0 saturated carbocycles. The van der Waals surface area contributed by atoms with E-state index in [1.807, 2.05) is 52.0 Å². The third kappa shape index (κ3) is 5.97. The molecule has 0 spiro atoms. The number of anilines is 1. The number of para-hydroxylation sites is 2. The molecule has 0 aliphatic carbocycles. The summed E-state index contributed by atoms with van der Waals surface area (Å²) >= 11 is 0. The van der Waals surface area contributed by atoms with E-state index < -0.39 is 15.9 Å². The van der Waals surface area contributed by atoms with E-state index in [-0.39, 0.29) is 17.5 Å². The van der Waals surface area contributed by atoms with Gasteiger partial charge in [0.25, 0.3) is 10.0 Å². The second-order valence-electron chi connectivity index (χ2n) is 8.16. The molecule has 1 N–H and O–H groups in total. The van der Waals surface area contributed by atoms with Crippen LogP contribution in [0.5, 0.6) is 5.75 Å². The standard InChI is InChI=1S/C27H32N2O4S/c1-5-24(22-15-11-20(3)12-16-22)28-27(30)19-29(25-9-7-8-10-26(25)33-6-2)34(31,32)23-17-13-21(4)14-18-23/h7-18,24H,5-6,19H2,1-4H3,(H,28,30)/t24-/m1/s1. The molecule has 0 aliphatic heterocycles. The number of aryl methyl sites for hydroxylation is 2. The SMILES string of the molecule is CCOc1ccccc1N(CC(=O)N[C@H](CC)c1ccc(C)cc1)S(=O)(=O)c1ccc(C)cc1. The van der Waals surface area contributed by atoms with Crippen molar-refractivity contribution < 1.29 is 17.9 Å². The number of carbonyl (C=O) groups is 1. The summed E-state index contributed by atoms with van der Waals surface area (Å²) in [6.07, 6.45) is 0.676. The van der Waals surface area contributed by atoms with Gasteiger partial charge in [0.15, 0.2) is 0 Å². The molecule has 1 amide bonds. The molecule has 0 radical (unpaired) electrons. The number of benzene rings is 3. The first-order chi connectivity index (χ1) is 16.3. The molecule has 1 atom stereocenters. The Hall–Kier alpha value is -3.32. The third-order valence-electron chi connectivity index (χ3n) is 5.55. The van der Waals surface area contributed by atoms with Gasteiger partial charge in [-0.15, -0.1) is 0 Å². The summed E-state index contributed by atoms with van der Waals surface area (Å²) in [5.74, 6) is 0.00785. The first-order valence-electron chi connectivity index (χ1n) is 11.4.